The number of benzene rings is 1. The van der Waals surface area contributed by atoms with Crippen molar-refractivity contribution in [2.75, 3.05) is 11.3 Å². The fraction of sp³-hybridized carbons (Fsp3) is 0.429. The molecule has 5 heteroatoms. The molecule has 19 heavy (non-hydrogen) atoms. The molecule has 1 rings (SSSR count). The zero-order valence-corrected chi connectivity index (χ0v) is 12.2. The molecule has 0 aromatic heterocycles. The molecule has 2 N–H and O–H groups in total. The maximum atomic E-state index is 11.9. The lowest BCUT2D eigenvalue weighted by Gasteiger charge is -2.12. The van der Waals surface area contributed by atoms with Crippen molar-refractivity contribution >= 4 is 15.7 Å². The Morgan fingerprint density at radius 3 is 2.63 bits per heavy atom. The number of aliphatic hydroxyl groups is 1. The van der Waals surface area contributed by atoms with Crippen LogP contribution in [0.4, 0.5) is 5.69 Å². The molecule has 104 valence electrons. The summed E-state index contributed by atoms with van der Waals surface area (Å²) < 4.78 is 26.3. The van der Waals surface area contributed by atoms with E-state index in [9.17, 15) is 8.42 Å². The third-order valence-electron chi connectivity index (χ3n) is 2.51. The molecule has 1 aromatic rings. The number of anilines is 1. The molecule has 0 fully saturated rings. The van der Waals surface area contributed by atoms with E-state index >= 15 is 0 Å². The molecule has 4 nitrogen and oxygen atoms in total. The number of aliphatic hydroxyl groups excluding tert-OH is 1. The molecule has 0 aliphatic rings. The summed E-state index contributed by atoms with van der Waals surface area (Å²) in [4.78, 5) is 0. The summed E-state index contributed by atoms with van der Waals surface area (Å²) >= 11 is 0. The summed E-state index contributed by atoms with van der Waals surface area (Å²) in [6, 6.07) is 5.36. The van der Waals surface area contributed by atoms with Crippen molar-refractivity contribution in [3.05, 3.63) is 29.3 Å². The zero-order valence-electron chi connectivity index (χ0n) is 11.4. The second-order valence-corrected chi connectivity index (χ2v) is 6.76. The molecule has 0 saturated carbocycles. The van der Waals surface area contributed by atoms with Gasteiger partial charge in [-0.05, 0) is 38.5 Å². The van der Waals surface area contributed by atoms with E-state index < -0.39 is 15.3 Å². The molecule has 0 radical (unpaired) electrons. The van der Waals surface area contributed by atoms with Gasteiger partial charge in [0.1, 0.15) is 0 Å². The van der Waals surface area contributed by atoms with Gasteiger partial charge in [-0.1, -0.05) is 17.9 Å². The molecule has 0 aliphatic carbocycles. The predicted octanol–water partition coefficient (Wildman–Crippen LogP) is 1.88. The van der Waals surface area contributed by atoms with Crippen molar-refractivity contribution in [2.45, 2.75) is 32.4 Å². The quantitative estimate of drug-likeness (QED) is 0.828. The molecular formula is C14H19NO3S. The number of aryl methyl sites for hydroxylation is 1. The van der Waals surface area contributed by atoms with Gasteiger partial charge in [-0.3, -0.25) is 4.72 Å². The van der Waals surface area contributed by atoms with Crippen LogP contribution in [0.15, 0.2) is 18.2 Å². The van der Waals surface area contributed by atoms with E-state index in [1.165, 1.54) is 0 Å². The van der Waals surface area contributed by atoms with Crippen molar-refractivity contribution in [1.82, 2.24) is 0 Å². The summed E-state index contributed by atoms with van der Waals surface area (Å²) in [5, 5.41) is 8.21. The van der Waals surface area contributed by atoms with Crippen LogP contribution in [-0.2, 0) is 10.0 Å². The Morgan fingerprint density at radius 2 is 2.05 bits per heavy atom. The predicted molar refractivity (Wildman–Crippen MR) is 77.4 cm³/mol. The lowest BCUT2D eigenvalue weighted by molar-refractivity contribution is 0.305. The standard InChI is InChI=1S/C14H19NO3S/c1-11(2)19(17,18)15-14-8-7-12(3)10-13(14)6-4-5-9-16/h7-8,10-11,15-16H,5,9H2,1-3H3. The van der Waals surface area contributed by atoms with Crippen LogP contribution in [0.1, 0.15) is 31.4 Å². The number of nitrogens with one attached hydrogen (secondary N) is 1. The minimum atomic E-state index is -3.38. The van der Waals surface area contributed by atoms with Gasteiger partial charge >= 0.3 is 0 Å². The first-order chi connectivity index (χ1) is 8.86. The highest BCUT2D eigenvalue weighted by Crippen LogP contribution is 2.19. The Morgan fingerprint density at radius 1 is 1.37 bits per heavy atom. The average molecular weight is 281 g/mol. The van der Waals surface area contributed by atoms with E-state index in [1.54, 1.807) is 19.9 Å². The van der Waals surface area contributed by atoms with Gasteiger partial charge in [-0.25, -0.2) is 8.42 Å². The van der Waals surface area contributed by atoms with Gasteiger partial charge in [0.05, 0.1) is 17.5 Å². The minimum Gasteiger partial charge on any atom is -0.395 e. The number of hydrogen-bond donors (Lipinski definition) is 2. The monoisotopic (exact) mass is 281 g/mol. The molecule has 0 aliphatic heterocycles. The number of hydrogen-bond acceptors (Lipinski definition) is 3. The zero-order chi connectivity index (χ0) is 14.5. The Hall–Kier alpha value is -1.51. The van der Waals surface area contributed by atoms with Gasteiger partial charge in [0.15, 0.2) is 0 Å². The molecule has 0 atom stereocenters. The van der Waals surface area contributed by atoms with Crippen LogP contribution in [0.2, 0.25) is 0 Å². The molecular weight excluding hydrogens is 262 g/mol. The van der Waals surface area contributed by atoms with Gasteiger partial charge in [-0.2, -0.15) is 0 Å². The van der Waals surface area contributed by atoms with Gasteiger partial charge in [-0.15, -0.1) is 0 Å². The van der Waals surface area contributed by atoms with Crippen molar-refractivity contribution in [1.29, 1.82) is 0 Å². The molecule has 0 saturated heterocycles. The molecule has 1 aromatic carbocycles. The first-order valence-corrected chi connectivity index (χ1v) is 7.63. The maximum absolute atomic E-state index is 11.9. The van der Waals surface area contributed by atoms with Gasteiger partial charge in [0, 0.05) is 12.0 Å². The topological polar surface area (TPSA) is 66.4 Å². The van der Waals surface area contributed by atoms with E-state index in [0.717, 1.165) is 5.56 Å². The summed E-state index contributed by atoms with van der Waals surface area (Å²) in [5.41, 5.74) is 2.10. The van der Waals surface area contributed by atoms with Gasteiger partial charge < -0.3 is 5.11 Å². The van der Waals surface area contributed by atoms with Crippen LogP contribution in [0.3, 0.4) is 0 Å². The smallest absolute Gasteiger partial charge is 0.235 e. The van der Waals surface area contributed by atoms with E-state index in [2.05, 4.69) is 16.6 Å². The van der Waals surface area contributed by atoms with Crippen molar-refractivity contribution in [3.63, 3.8) is 0 Å². The highest BCUT2D eigenvalue weighted by Gasteiger charge is 2.16. The summed E-state index contributed by atoms with van der Waals surface area (Å²) in [5.74, 6) is 5.68. The number of rotatable bonds is 4. The molecule has 0 unspecified atom stereocenters. The van der Waals surface area contributed by atoms with Crippen LogP contribution in [0.25, 0.3) is 0 Å². The normalized spacial score (nSPS) is 11.0. The van der Waals surface area contributed by atoms with Crippen LogP contribution < -0.4 is 4.72 Å². The van der Waals surface area contributed by atoms with Crippen molar-refractivity contribution in [3.8, 4) is 11.8 Å². The fourth-order valence-corrected chi connectivity index (χ4v) is 2.06. The van der Waals surface area contributed by atoms with E-state index in [0.29, 0.717) is 17.7 Å². The van der Waals surface area contributed by atoms with Crippen molar-refractivity contribution < 1.29 is 13.5 Å². The van der Waals surface area contributed by atoms with Crippen LogP contribution >= 0.6 is 0 Å². The lowest BCUT2D eigenvalue weighted by Crippen LogP contribution is -2.22. The molecule has 0 spiro atoms. The Kier molecular flexibility index (Phi) is 5.40. The third kappa shape index (κ3) is 4.58. The molecule has 0 bridgehead atoms. The van der Waals surface area contributed by atoms with E-state index in [4.69, 9.17) is 5.11 Å². The van der Waals surface area contributed by atoms with E-state index in [-0.39, 0.29) is 6.61 Å². The Balaban J connectivity index is 3.12. The first-order valence-electron chi connectivity index (χ1n) is 6.09. The second kappa shape index (κ2) is 6.60. The van der Waals surface area contributed by atoms with Crippen LogP contribution in [0, 0.1) is 18.8 Å². The second-order valence-electron chi connectivity index (χ2n) is 4.52. The molecule has 0 amide bonds. The summed E-state index contributed by atoms with van der Waals surface area (Å²) in [6.07, 6.45) is 0.365. The summed E-state index contributed by atoms with van der Waals surface area (Å²) in [7, 11) is -3.38. The largest absolute Gasteiger partial charge is 0.395 e. The van der Waals surface area contributed by atoms with Gasteiger partial charge in [0.2, 0.25) is 10.0 Å². The highest BCUT2D eigenvalue weighted by atomic mass is 32.2. The lowest BCUT2D eigenvalue weighted by atomic mass is 10.1. The molecule has 0 heterocycles. The Bertz CT molecular complexity index is 595. The van der Waals surface area contributed by atoms with Crippen LogP contribution in [-0.4, -0.2) is 25.4 Å². The third-order valence-corrected chi connectivity index (χ3v) is 4.25. The van der Waals surface area contributed by atoms with Gasteiger partial charge in [0.25, 0.3) is 0 Å². The highest BCUT2D eigenvalue weighted by molar-refractivity contribution is 7.93. The number of sulfonamides is 1. The SMILES string of the molecule is Cc1ccc(NS(=O)(=O)C(C)C)c(C#CCCO)c1. The van der Waals surface area contributed by atoms with Crippen molar-refractivity contribution in [2.24, 2.45) is 0 Å². The minimum absolute atomic E-state index is 0.00807. The first kappa shape index (κ1) is 15.5. The Labute approximate surface area is 114 Å². The fourth-order valence-electron chi connectivity index (χ4n) is 1.34. The average Bonchev–Trinajstić information content (AvgIpc) is 2.32. The van der Waals surface area contributed by atoms with E-state index in [1.807, 2.05) is 19.1 Å². The van der Waals surface area contributed by atoms with Crippen LogP contribution in [0.5, 0.6) is 0 Å². The summed E-state index contributed by atoms with van der Waals surface area (Å²) in [6.45, 7) is 5.14. The maximum Gasteiger partial charge on any atom is 0.235 e.